The average molecular weight is 175 g/mol. The summed E-state index contributed by atoms with van der Waals surface area (Å²) < 4.78 is 9.99. The van der Waals surface area contributed by atoms with Gasteiger partial charge in [-0.15, -0.1) is 0 Å². The number of nitroso groups, excluding NO2 is 1. The number of hydrogen-bond donors (Lipinski definition) is 2. The Bertz CT molecular complexity index is 182. The monoisotopic (exact) mass is 175 g/mol. The molecule has 6 heteroatoms. The number of hydrogen-bond acceptors (Lipinski definition) is 6. The molecule has 0 aromatic carbocycles. The van der Waals surface area contributed by atoms with Crippen LogP contribution in [-0.4, -0.2) is 47.5 Å². The van der Waals surface area contributed by atoms with Crippen molar-refractivity contribution in [3.05, 3.63) is 4.91 Å². The van der Waals surface area contributed by atoms with Crippen LogP contribution in [0.4, 0.5) is 0 Å². The molecule has 2 rings (SSSR count). The van der Waals surface area contributed by atoms with Crippen LogP contribution >= 0.6 is 0 Å². The standard InChI is InChI=1S/C6H9NO5/c8-4-2-1-11-6(12-2)5(9)3(4)7-10/h2-6,8-9H,1H2. The first-order valence-electron chi connectivity index (χ1n) is 3.69. The fourth-order valence-corrected chi connectivity index (χ4v) is 1.51. The molecular formula is C6H9NO5. The Morgan fingerprint density at radius 3 is 2.75 bits per heavy atom. The third kappa shape index (κ3) is 0.962. The molecule has 0 radical (unpaired) electrons. The molecule has 2 bridgehead atoms. The highest BCUT2D eigenvalue weighted by atomic mass is 16.7. The molecule has 12 heavy (non-hydrogen) atoms. The minimum absolute atomic E-state index is 0.203. The van der Waals surface area contributed by atoms with Gasteiger partial charge in [0.15, 0.2) is 12.3 Å². The van der Waals surface area contributed by atoms with Crippen LogP contribution in [0.1, 0.15) is 0 Å². The number of aliphatic hydroxyl groups is 2. The molecule has 6 nitrogen and oxygen atoms in total. The van der Waals surface area contributed by atoms with Crippen molar-refractivity contribution in [1.29, 1.82) is 0 Å². The van der Waals surface area contributed by atoms with Crippen molar-refractivity contribution >= 4 is 0 Å². The van der Waals surface area contributed by atoms with Gasteiger partial charge in [0.2, 0.25) is 0 Å². The van der Waals surface area contributed by atoms with Crippen molar-refractivity contribution in [3.63, 3.8) is 0 Å². The number of fused-ring (bicyclic) bond motifs is 2. The molecule has 0 spiro atoms. The topological polar surface area (TPSA) is 88.4 Å². The molecule has 2 heterocycles. The maximum Gasteiger partial charge on any atom is 0.186 e. The van der Waals surface area contributed by atoms with Crippen LogP contribution in [0, 0.1) is 4.91 Å². The molecule has 2 aliphatic rings. The first kappa shape index (κ1) is 8.06. The van der Waals surface area contributed by atoms with Gasteiger partial charge < -0.3 is 19.7 Å². The molecular weight excluding hydrogens is 166 g/mol. The minimum atomic E-state index is -1.16. The first-order valence-corrected chi connectivity index (χ1v) is 3.69. The zero-order valence-electron chi connectivity index (χ0n) is 6.16. The number of aliphatic hydroxyl groups excluding tert-OH is 2. The first-order chi connectivity index (χ1) is 5.74. The Labute approximate surface area is 68.1 Å². The normalized spacial score (nSPS) is 52.3. The van der Waals surface area contributed by atoms with E-state index in [0.717, 1.165) is 0 Å². The summed E-state index contributed by atoms with van der Waals surface area (Å²) in [5.41, 5.74) is 0. The van der Waals surface area contributed by atoms with Gasteiger partial charge in [-0.2, -0.15) is 4.91 Å². The summed E-state index contributed by atoms with van der Waals surface area (Å²) >= 11 is 0. The highest BCUT2D eigenvalue weighted by molar-refractivity contribution is 4.96. The third-order valence-corrected chi connectivity index (χ3v) is 2.21. The van der Waals surface area contributed by atoms with Gasteiger partial charge in [-0.25, -0.2) is 0 Å². The summed E-state index contributed by atoms with van der Waals surface area (Å²) in [7, 11) is 0. The summed E-state index contributed by atoms with van der Waals surface area (Å²) in [6.45, 7) is 0.203. The largest absolute Gasteiger partial charge is 0.388 e. The molecule has 68 valence electrons. The summed E-state index contributed by atoms with van der Waals surface area (Å²) in [6, 6.07) is -1.03. The van der Waals surface area contributed by atoms with Gasteiger partial charge in [-0.1, -0.05) is 5.18 Å². The van der Waals surface area contributed by atoms with E-state index >= 15 is 0 Å². The number of rotatable bonds is 1. The van der Waals surface area contributed by atoms with Crippen molar-refractivity contribution in [1.82, 2.24) is 0 Å². The maximum atomic E-state index is 10.2. The summed E-state index contributed by atoms with van der Waals surface area (Å²) in [5, 5.41) is 21.3. The van der Waals surface area contributed by atoms with E-state index in [1.807, 2.05) is 0 Å². The zero-order valence-corrected chi connectivity index (χ0v) is 6.16. The molecule has 2 saturated heterocycles. The van der Waals surface area contributed by atoms with Gasteiger partial charge in [-0.05, 0) is 0 Å². The molecule has 0 amide bonds. The third-order valence-electron chi connectivity index (χ3n) is 2.21. The van der Waals surface area contributed by atoms with Crippen LogP contribution in [-0.2, 0) is 9.47 Å². The molecule has 5 atom stereocenters. The molecule has 0 aromatic rings. The Hall–Kier alpha value is -0.560. The van der Waals surface area contributed by atoms with Crippen LogP contribution in [0.25, 0.3) is 0 Å². The number of nitrogens with zero attached hydrogens (tertiary/aromatic N) is 1. The predicted molar refractivity (Wildman–Crippen MR) is 36.2 cm³/mol. The lowest BCUT2D eigenvalue weighted by atomic mass is 9.99. The van der Waals surface area contributed by atoms with E-state index in [9.17, 15) is 15.1 Å². The second-order valence-corrected chi connectivity index (χ2v) is 2.95. The van der Waals surface area contributed by atoms with Crippen LogP contribution < -0.4 is 0 Å². The molecule has 2 fully saturated rings. The molecule has 0 aliphatic carbocycles. The van der Waals surface area contributed by atoms with E-state index in [1.54, 1.807) is 0 Å². The second-order valence-electron chi connectivity index (χ2n) is 2.95. The SMILES string of the molecule is O=NC1C(O)C2COC(O2)C1O. The molecule has 0 aromatic heterocycles. The lowest BCUT2D eigenvalue weighted by Crippen LogP contribution is -2.52. The summed E-state index contributed by atoms with van der Waals surface area (Å²) in [5.74, 6) is 0. The van der Waals surface area contributed by atoms with Crippen LogP contribution in [0.15, 0.2) is 5.18 Å². The van der Waals surface area contributed by atoms with Crippen molar-refractivity contribution < 1.29 is 19.7 Å². The lowest BCUT2D eigenvalue weighted by Gasteiger charge is -2.31. The van der Waals surface area contributed by atoms with Crippen molar-refractivity contribution in [2.24, 2.45) is 5.18 Å². The van der Waals surface area contributed by atoms with E-state index in [0.29, 0.717) is 0 Å². The lowest BCUT2D eigenvalue weighted by molar-refractivity contribution is -0.189. The zero-order chi connectivity index (χ0) is 8.72. The highest BCUT2D eigenvalue weighted by Crippen LogP contribution is 2.29. The van der Waals surface area contributed by atoms with E-state index in [2.05, 4.69) is 5.18 Å². The quantitative estimate of drug-likeness (QED) is 0.478. The van der Waals surface area contributed by atoms with E-state index in [1.165, 1.54) is 0 Å². The van der Waals surface area contributed by atoms with Gasteiger partial charge in [0.1, 0.15) is 18.3 Å². The van der Waals surface area contributed by atoms with Crippen molar-refractivity contribution in [2.45, 2.75) is 30.6 Å². The fourth-order valence-electron chi connectivity index (χ4n) is 1.51. The molecule has 2 aliphatic heterocycles. The minimum Gasteiger partial charge on any atom is -0.388 e. The van der Waals surface area contributed by atoms with Gasteiger partial charge >= 0.3 is 0 Å². The molecule has 2 N–H and O–H groups in total. The maximum absolute atomic E-state index is 10.2. The second kappa shape index (κ2) is 2.74. The van der Waals surface area contributed by atoms with E-state index < -0.39 is 30.6 Å². The van der Waals surface area contributed by atoms with Crippen LogP contribution in [0.2, 0.25) is 0 Å². The Morgan fingerprint density at radius 1 is 1.33 bits per heavy atom. The fraction of sp³-hybridized carbons (Fsp3) is 1.00. The highest BCUT2D eigenvalue weighted by Gasteiger charge is 2.50. The van der Waals surface area contributed by atoms with Gasteiger partial charge in [0, 0.05) is 0 Å². The van der Waals surface area contributed by atoms with Gasteiger partial charge in [0.05, 0.1) is 6.61 Å². The molecule has 0 saturated carbocycles. The van der Waals surface area contributed by atoms with Gasteiger partial charge in [-0.3, -0.25) is 0 Å². The van der Waals surface area contributed by atoms with E-state index in [4.69, 9.17) is 9.47 Å². The number of ether oxygens (including phenoxy) is 2. The Morgan fingerprint density at radius 2 is 2.08 bits per heavy atom. The summed E-state index contributed by atoms with van der Waals surface area (Å²) in [4.78, 5) is 10.2. The van der Waals surface area contributed by atoms with E-state index in [-0.39, 0.29) is 6.61 Å². The van der Waals surface area contributed by atoms with Crippen molar-refractivity contribution in [2.75, 3.05) is 6.61 Å². The predicted octanol–water partition coefficient (Wildman–Crippen LogP) is -1.40. The Kier molecular flexibility index (Phi) is 1.84. The molecule has 5 unspecified atom stereocenters. The summed E-state index contributed by atoms with van der Waals surface area (Å²) in [6.07, 6.45) is -3.55. The van der Waals surface area contributed by atoms with Gasteiger partial charge in [0.25, 0.3) is 0 Å². The Balaban J connectivity index is 2.19. The van der Waals surface area contributed by atoms with Crippen LogP contribution in [0.5, 0.6) is 0 Å². The smallest absolute Gasteiger partial charge is 0.186 e. The average Bonchev–Trinajstić information content (AvgIpc) is 2.48. The van der Waals surface area contributed by atoms with Crippen LogP contribution in [0.3, 0.4) is 0 Å². The van der Waals surface area contributed by atoms with Crippen molar-refractivity contribution in [3.8, 4) is 0 Å².